The highest BCUT2D eigenvalue weighted by Crippen LogP contribution is 2.26. The number of carboxylic acids is 1. The minimum absolute atomic E-state index is 0.0315. The smallest absolute Gasteiger partial charge is 0.326 e. The van der Waals surface area contributed by atoms with Crippen LogP contribution in [0.4, 0.5) is 4.79 Å². The van der Waals surface area contributed by atoms with E-state index in [-0.39, 0.29) is 18.4 Å². The first-order valence-corrected chi connectivity index (χ1v) is 7.46. The Hall–Kier alpha value is -1.79. The molecule has 21 heavy (non-hydrogen) atoms. The lowest BCUT2D eigenvalue weighted by atomic mass is 9.84. The summed E-state index contributed by atoms with van der Waals surface area (Å²) in [5.41, 5.74) is 0. The number of hydrogen-bond acceptors (Lipinski definition) is 3. The third kappa shape index (κ3) is 5.61. The second-order valence-corrected chi connectivity index (χ2v) is 5.45. The van der Waals surface area contributed by atoms with Crippen LogP contribution < -0.4 is 10.6 Å². The number of urea groups is 1. The van der Waals surface area contributed by atoms with E-state index in [1.54, 1.807) is 7.05 Å². The molecule has 0 aromatic carbocycles. The minimum atomic E-state index is -1.02. The number of carbonyl (C=O) groups is 3. The largest absolute Gasteiger partial charge is 0.480 e. The molecule has 0 aliphatic heterocycles. The molecule has 1 atom stereocenters. The van der Waals surface area contributed by atoms with Crippen molar-refractivity contribution in [3.8, 4) is 0 Å². The third-order valence-electron chi connectivity index (χ3n) is 3.97. The normalized spacial score (nSPS) is 16.9. The Morgan fingerprint density at radius 2 is 1.86 bits per heavy atom. The van der Waals surface area contributed by atoms with E-state index in [2.05, 4.69) is 10.6 Å². The van der Waals surface area contributed by atoms with Crippen molar-refractivity contribution in [1.82, 2.24) is 15.5 Å². The second kappa shape index (κ2) is 8.49. The lowest BCUT2D eigenvalue weighted by Gasteiger charge is -2.28. The van der Waals surface area contributed by atoms with E-state index in [4.69, 9.17) is 0 Å². The van der Waals surface area contributed by atoms with Gasteiger partial charge in [0.15, 0.2) is 0 Å². The highest BCUT2D eigenvalue weighted by molar-refractivity contribution is 5.86. The lowest BCUT2D eigenvalue weighted by Crippen LogP contribution is -2.51. The molecule has 0 saturated heterocycles. The van der Waals surface area contributed by atoms with E-state index in [1.165, 1.54) is 4.90 Å². The van der Waals surface area contributed by atoms with Crippen LogP contribution in [0.25, 0.3) is 0 Å². The molecule has 1 aliphatic rings. The molecule has 0 radical (unpaired) electrons. The fraction of sp³-hybridized carbons (Fsp3) is 0.786. The summed E-state index contributed by atoms with van der Waals surface area (Å²) in [5.74, 6) is -1.26. The molecule has 1 rings (SSSR count). The molecule has 0 bridgehead atoms. The van der Waals surface area contributed by atoms with Crippen LogP contribution in [0.1, 0.15) is 39.0 Å². The molecule has 1 unspecified atom stereocenters. The predicted molar refractivity (Wildman–Crippen MR) is 77.8 cm³/mol. The molecule has 1 fully saturated rings. The van der Waals surface area contributed by atoms with Crippen LogP contribution >= 0.6 is 0 Å². The van der Waals surface area contributed by atoms with Gasteiger partial charge in [-0.2, -0.15) is 0 Å². The van der Waals surface area contributed by atoms with E-state index >= 15 is 0 Å². The number of aliphatic carboxylic acids is 1. The van der Waals surface area contributed by atoms with Gasteiger partial charge in [-0.3, -0.25) is 4.79 Å². The van der Waals surface area contributed by atoms with Gasteiger partial charge >= 0.3 is 12.0 Å². The summed E-state index contributed by atoms with van der Waals surface area (Å²) in [6, 6.07) is -1.49. The summed E-state index contributed by atoms with van der Waals surface area (Å²) in [6.45, 7) is 2.26. The Bertz CT molecular complexity index is 380. The highest BCUT2D eigenvalue weighted by Gasteiger charge is 2.30. The summed E-state index contributed by atoms with van der Waals surface area (Å²) in [6.07, 6.45) is 4.74. The second-order valence-electron chi connectivity index (χ2n) is 5.45. The van der Waals surface area contributed by atoms with Gasteiger partial charge in [0, 0.05) is 13.6 Å². The minimum Gasteiger partial charge on any atom is -0.480 e. The Balaban J connectivity index is 2.45. The molecule has 0 aromatic heterocycles. The maximum Gasteiger partial charge on any atom is 0.326 e. The van der Waals surface area contributed by atoms with Crippen molar-refractivity contribution in [3.05, 3.63) is 0 Å². The highest BCUT2D eigenvalue weighted by atomic mass is 16.4. The van der Waals surface area contributed by atoms with E-state index in [0.29, 0.717) is 6.54 Å². The standard InChI is InChI=1S/C14H25N3O4/c1-3-17(2)11(18)9-15-14(21)16-12(13(19)20)10-7-5-4-6-8-10/h10,12H,3-9H2,1-2H3,(H,19,20)(H2,15,16,21). The number of rotatable bonds is 6. The van der Waals surface area contributed by atoms with Crippen molar-refractivity contribution in [1.29, 1.82) is 0 Å². The SMILES string of the molecule is CCN(C)C(=O)CNC(=O)NC(C(=O)O)C1CCCCC1. The number of carboxylic acid groups (broad SMARTS) is 1. The zero-order valence-electron chi connectivity index (χ0n) is 12.7. The average Bonchev–Trinajstić information content (AvgIpc) is 2.49. The number of hydrogen-bond donors (Lipinski definition) is 3. The quantitative estimate of drug-likeness (QED) is 0.675. The van der Waals surface area contributed by atoms with Gasteiger partial charge in [0.2, 0.25) is 5.91 Å². The van der Waals surface area contributed by atoms with Crippen molar-refractivity contribution in [2.45, 2.75) is 45.1 Å². The van der Waals surface area contributed by atoms with Crippen LogP contribution in [-0.2, 0) is 9.59 Å². The molecular weight excluding hydrogens is 274 g/mol. The van der Waals surface area contributed by atoms with Gasteiger partial charge in [-0.05, 0) is 25.7 Å². The Morgan fingerprint density at radius 1 is 1.24 bits per heavy atom. The van der Waals surface area contributed by atoms with E-state index in [0.717, 1.165) is 32.1 Å². The van der Waals surface area contributed by atoms with Gasteiger partial charge in [0.05, 0.1) is 6.54 Å². The van der Waals surface area contributed by atoms with Gasteiger partial charge in [0.25, 0.3) is 0 Å². The molecule has 0 aromatic rings. The lowest BCUT2D eigenvalue weighted by molar-refractivity contribution is -0.141. The fourth-order valence-corrected chi connectivity index (χ4v) is 2.51. The zero-order chi connectivity index (χ0) is 15.8. The van der Waals surface area contributed by atoms with Crippen molar-refractivity contribution >= 4 is 17.9 Å². The molecule has 3 amide bonds. The van der Waals surface area contributed by atoms with Gasteiger partial charge in [0.1, 0.15) is 6.04 Å². The Morgan fingerprint density at radius 3 is 2.38 bits per heavy atom. The maximum atomic E-state index is 11.8. The molecule has 3 N–H and O–H groups in total. The molecule has 1 aliphatic carbocycles. The van der Waals surface area contributed by atoms with E-state index in [9.17, 15) is 19.5 Å². The number of nitrogens with zero attached hydrogens (tertiary/aromatic N) is 1. The van der Waals surface area contributed by atoms with Crippen molar-refractivity contribution < 1.29 is 19.5 Å². The number of likely N-dealkylation sites (N-methyl/N-ethyl adjacent to an activating group) is 1. The molecular formula is C14H25N3O4. The monoisotopic (exact) mass is 299 g/mol. The van der Waals surface area contributed by atoms with Crippen LogP contribution in [0.2, 0.25) is 0 Å². The van der Waals surface area contributed by atoms with Crippen molar-refractivity contribution in [2.24, 2.45) is 5.92 Å². The third-order valence-corrected chi connectivity index (χ3v) is 3.97. The maximum absolute atomic E-state index is 11.8. The van der Waals surface area contributed by atoms with Gasteiger partial charge < -0.3 is 20.6 Å². The molecule has 7 heteroatoms. The van der Waals surface area contributed by atoms with Crippen molar-refractivity contribution in [3.63, 3.8) is 0 Å². The predicted octanol–water partition coefficient (Wildman–Crippen LogP) is 0.797. The van der Waals surface area contributed by atoms with Gasteiger partial charge in [-0.25, -0.2) is 9.59 Å². The van der Waals surface area contributed by atoms with Crippen LogP contribution in [0.3, 0.4) is 0 Å². The van der Waals surface area contributed by atoms with E-state index in [1.807, 2.05) is 6.92 Å². The Kier molecular flexibility index (Phi) is 6.98. The molecule has 120 valence electrons. The fourth-order valence-electron chi connectivity index (χ4n) is 2.51. The summed E-state index contributed by atoms with van der Waals surface area (Å²) in [4.78, 5) is 36.1. The zero-order valence-corrected chi connectivity index (χ0v) is 12.7. The molecule has 0 spiro atoms. The first kappa shape index (κ1) is 17.3. The van der Waals surface area contributed by atoms with Gasteiger partial charge in [-0.15, -0.1) is 0 Å². The first-order chi connectivity index (χ1) is 9.95. The summed E-state index contributed by atoms with van der Waals surface area (Å²) < 4.78 is 0. The van der Waals surface area contributed by atoms with Crippen LogP contribution in [0.15, 0.2) is 0 Å². The van der Waals surface area contributed by atoms with Crippen LogP contribution in [-0.4, -0.2) is 54.1 Å². The van der Waals surface area contributed by atoms with Crippen LogP contribution in [0.5, 0.6) is 0 Å². The number of amides is 3. The average molecular weight is 299 g/mol. The molecule has 7 nitrogen and oxygen atoms in total. The summed E-state index contributed by atoms with van der Waals surface area (Å²) in [7, 11) is 1.64. The Labute approximate surface area is 125 Å². The number of nitrogens with one attached hydrogen (secondary N) is 2. The topological polar surface area (TPSA) is 98.7 Å². The summed E-state index contributed by atoms with van der Waals surface area (Å²) in [5, 5.41) is 14.2. The van der Waals surface area contributed by atoms with E-state index < -0.39 is 18.0 Å². The van der Waals surface area contributed by atoms with Crippen molar-refractivity contribution in [2.75, 3.05) is 20.1 Å². The van der Waals surface area contributed by atoms with Crippen LogP contribution in [0, 0.1) is 5.92 Å². The molecule has 1 saturated carbocycles. The summed E-state index contributed by atoms with van der Waals surface area (Å²) >= 11 is 0. The number of carbonyl (C=O) groups excluding carboxylic acids is 2. The first-order valence-electron chi connectivity index (χ1n) is 7.46. The van der Waals surface area contributed by atoms with Gasteiger partial charge in [-0.1, -0.05) is 19.3 Å². The molecule has 0 heterocycles.